The van der Waals surface area contributed by atoms with Crippen LogP contribution in [0.15, 0.2) is 17.0 Å². The number of nitro groups is 1. The average Bonchev–Trinajstić information content (AvgIpc) is 2.00. The molecule has 82 valence electrons. The van der Waals surface area contributed by atoms with E-state index in [-0.39, 0.29) is 5.02 Å². The van der Waals surface area contributed by atoms with Crippen molar-refractivity contribution in [1.82, 2.24) is 0 Å². The number of nitrogens with zero attached hydrogens (tertiary/aromatic N) is 1. The minimum absolute atomic E-state index is 0.370. The Morgan fingerprint density at radius 1 is 1.47 bits per heavy atom. The highest BCUT2D eigenvalue weighted by molar-refractivity contribution is 7.89. The second-order valence-electron chi connectivity index (χ2n) is 2.54. The summed E-state index contributed by atoms with van der Waals surface area (Å²) in [6.07, 6.45) is 0. The van der Waals surface area contributed by atoms with E-state index in [1.165, 1.54) is 0 Å². The molecule has 0 atom stereocenters. The zero-order valence-electron chi connectivity index (χ0n) is 7.05. The van der Waals surface area contributed by atoms with E-state index in [9.17, 15) is 23.6 Å². The zero-order valence-corrected chi connectivity index (χ0v) is 8.62. The van der Waals surface area contributed by atoms with Gasteiger partial charge in [-0.1, -0.05) is 11.6 Å². The van der Waals surface area contributed by atoms with Crippen molar-refractivity contribution in [2.24, 2.45) is 5.14 Å². The van der Waals surface area contributed by atoms with Gasteiger partial charge < -0.3 is 5.11 Å². The first-order valence-electron chi connectivity index (χ1n) is 3.44. The third kappa shape index (κ3) is 2.17. The number of benzene rings is 1. The summed E-state index contributed by atoms with van der Waals surface area (Å²) >= 11 is 5.41. The predicted molar refractivity (Wildman–Crippen MR) is 51.1 cm³/mol. The van der Waals surface area contributed by atoms with Crippen molar-refractivity contribution >= 4 is 27.3 Å². The fourth-order valence-electron chi connectivity index (χ4n) is 0.940. The fraction of sp³-hybridized carbons (Fsp3) is 0. The maximum atomic E-state index is 10.9. The van der Waals surface area contributed by atoms with Crippen LogP contribution in [-0.4, -0.2) is 18.4 Å². The lowest BCUT2D eigenvalue weighted by Gasteiger charge is -2.03. The number of sulfonamides is 1. The van der Waals surface area contributed by atoms with E-state index in [4.69, 9.17) is 16.7 Å². The summed E-state index contributed by atoms with van der Waals surface area (Å²) in [7, 11) is -4.22. The number of nitro benzene ring substituents is 1. The molecule has 0 saturated carbocycles. The molecule has 0 saturated heterocycles. The van der Waals surface area contributed by atoms with Crippen LogP contribution in [-0.2, 0) is 10.0 Å². The molecule has 7 nitrogen and oxygen atoms in total. The van der Waals surface area contributed by atoms with Gasteiger partial charge in [-0.15, -0.1) is 0 Å². The van der Waals surface area contributed by atoms with Gasteiger partial charge in [-0.05, 0) is 12.1 Å². The first kappa shape index (κ1) is 11.7. The molecule has 0 aliphatic carbocycles. The number of phenols is 1. The number of hydrogen-bond acceptors (Lipinski definition) is 5. The lowest BCUT2D eigenvalue weighted by atomic mass is 10.3. The quantitative estimate of drug-likeness (QED) is 0.589. The minimum atomic E-state index is -4.22. The van der Waals surface area contributed by atoms with Gasteiger partial charge in [0.05, 0.1) is 4.92 Å². The highest BCUT2D eigenvalue weighted by Gasteiger charge is 2.26. The monoisotopic (exact) mass is 252 g/mol. The van der Waals surface area contributed by atoms with Gasteiger partial charge in [-0.25, -0.2) is 13.6 Å². The Labute approximate surface area is 89.3 Å². The maximum absolute atomic E-state index is 10.9. The first-order valence-corrected chi connectivity index (χ1v) is 5.36. The molecule has 0 radical (unpaired) electrons. The van der Waals surface area contributed by atoms with Crippen LogP contribution >= 0.6 is 11.6 Å². The van der Waals surface area contributed by atoms with Gasteiger partial charge in [-0.3, -0.25) is 10.1 Å². The molecule has 1 aromatic rings. The van der Waals surface area contributed by atoms with Crippen LogP contribution in [0.1, 0.15) is 0 Å². The third-order valence-electron chi connectivity index (χ3n) is 1.55. The third-order valence-corrected chi connectivity index (χ3v) is 2.80. The lowest BCUT2D eigenvalue weighted by molar-refractivity contribution is -0.386. The van der Waals surface area contributed by atoms with Gasteiger partial charge in [-0.2, -0.15) is 0 Å². The number of rotatable bonds is 2. The Kier molecular flexibility index (Phi) is 2.84. The predicted octanol–water partition coefficient (Wildman–Crippen LogP) is 0.601. The van der Waals surface area contributed by atoms with E-state index in [2.05, 4.69) is 0 Å². The van der Waals surface area contributed by atoms with Crippen molar-refractivity contribution in [3.8, 4) is 5.75 Å². The smallest absolute Gasteiger partial charge is 0.330 e. The van der Waals surface area contributed by atoms with Gasteiger partial charge in [0.1, 0.15) is 9.92 Å². The molecule has 1 aromatic carbocycles. The Balaban J connectivity index is 3.64. The molecule has 0 amide bonds. The number of nitrogens with two attached hydrogens (primary N) is 1. The Morgan fingerprint density at radius 3 is 2.40 bits per heavy atom. The van der Waals surface area contributed by atoms with Crippen LogP contribution in [0.25, 0.3) is 0 Å². The van der Waals surface area contributed by atoms with E-state index in [1.807, 2.05) is 0 Å². The largest absolute Gasteiger partial charge is 0.501 e. The van der Waals surface area contributed by atoms with Crippen LogP contribution in [0.2, 0.25) is 5.02 Å². The molecular weight excluding hydrogens is 248 g/mol. The summed E-state index contributed by atoms with van der Waals surface area (Å²) in [5.74, 6) is -1.06. The van der Waals surface area contributed by atoms with Crippen molar-refractivity contribution in [3.63, 3.8) is 0 Å². The molecule has 0 spiro atoms. The second kappa shape index (κ2) is 3.65. The summed E-state index contributed by atoms with van der Waals surface area (Å²) in [6.45, 7) is 0. The standard InChI is InChI=1S/C6H5ClN2O5S/c7-3-1-2-4(15(8,13)14)6(10)5(3)9(11)12/h1-2,10H,(H2,8,13,14). The molecule has 0 heterocycles. The van der Waals surface area contributed by atoms with Gasteiger partial charge >= 0.3 is 5.69 Å². The molecule has 0 unspecified atom stereocenters. The number of aromatic hydroxyl groups is 1. The highest BCUT2D eigenvalue weighted by Crippen LogP contribution is 2.37. The van der Waals surface area contributed by atoms with Crippen LogP contribution < -0.4 is 5.14 Å². The van der Waals surface area contributed by atoms with E-state index in [0.717, 1.165) is 12.1 Å². The average molecular weight is 253 g/mol. The Bertz CT molecular complexity index is 527. The van der Waals surface area contributed by atoms with Crippen molar-refractivity contribution < 1.29 is 18.4 Å². The van der Waals surface area contributed by atoms with Crippen LogP contribution in [0.3, 0.4) is 0 Å². The molecule has 0 fully saturated rings. The molecule has 0 bridgehead atoms. The molecule has 0 aromatic heterocycles. The zero-order chi connectivity index (χ0) is 11.8. The second-order valence-corrected chi connectivity index (χ2v) is 4.48. The van der Waals surface area contributed by atoms with E-state index >= 15 is 0 Å². The van der Waals surface area contributed by atoms with Gasteiger partial charge in [0.2, 0.25) is 15.8 Å². The summed E-state index contributed by atoms with van der Waals surface area (Å²) in [5.41, 5.74) is -0.886. The minimum Gasteiger partial charge on any atom is -0.501 e. The first-order chi connectivity index (χ1) is 6.75. The molecule has 0 aliphatic rings. The van der Waals surface area contributed by atoms with Gasteiger partial charge in [0, 0.05) is 0 Å². The maximum Gasteiger partial charge on any atom is 0.330 e. The SMILES string of the molecule is NS(=O)(=O)c1ccc(Cl)c([N+](=O)[O-])c1O. The summed E-state index contributed by atoms with van der Waals surface area (Å²) in [6, 6.07) is 1.86. The molecule has 15 heavy (non-hydrogen) atoms. The number of primary sulfonamides is 1. The molecular formula is C6H5ClN2O5S. The van der Waals surface area contributed by atoms with Crippen LogP contribution in [0.4, 0.5) is 5.69 Å². The van der Waals surface area contributed by atoms with Crippen molar-refractivity contribution in [1.29, 1.82) is 0 Å². The van der Waals surface area contributed by atoms with Crippen molar-refractivity contribution in [2.75, 3.05) is 0 Å². The van der Waals surface area contributed by atoms with Crippen LogP contribution in [0.5, 0.6) is 5.75 Å². The Hall–Kier alpha value is -1.38. The number of halogens is 1. The molecule has 3 N–H and O–H groups in total. The van der Waals surface area contributed by atoms with Gasteiger partial charge in [0.25, 0.3) is 0 Å². The van der Waals surface area contributed by atoms with E-state index < -0.39 is 31.3 Å². The topological polar surface area (TPSA) is 124 Å². The van der Waals surface area contributed by atoms with E-state index in [0.29, 0.717) is 0 Å². The molecule has 1 rings (SSSR count). The van der Waals surface area contributed by atoms with E-state index in [1.54, 1.807) is 0 Å². The normalized spacial score (nSPS) is 11.3. The van der Waals surface area contributed by atoms with Crippen molar-refractivity contribution in [2.45, 2.75) is 4.90 Å². The summed E-state index contributed by atoms with van der Waals surface area (Å²) in [4.78, 5) is 8.72. The van der Waals surface area contributed by atoms with Crippen LogP contribution in [0, 0.1) is 10.1 Å². The van der Waals surface area contributed by atoms with Gasteiger partial charge in [0.15, 0.2) is 0 Å². The molecule has 0 aliphatic heterocycles. The Morgan fingerprint density at radius 2 is 2.00 bits per heavy atom. The number of hydrogen-bond donors (Lipinski definition) is 2. The highest BCUT2D eigenvalue weighted by atomic mass is 35.5. The molecule has 9 heteroatoms. The fourth-order valence-corrected chi connectivity index (χ4v) is 1.79. The van der Waals surface area contributed by atoms with Crippen molar-refractivity contribution in [3.05, 3.63) is 27.3 Å². The lowest BCUT2D eigenvalue weighted by Crippen LogP contribution is -2.12. The summed E-state index contributed by atoms with van der Waals surface area (Å²) in [5, 5.41) is 24.1. The summed E-state index contributed by atoms with van der Waals surface area (Å²) < 4.78 is 21.8. The number of phenolic OH excluding ortho intramolecular Hbond substituents is 1.